The largest absolute Gasteiger partial charge is 0.454 e. The maximum Gasteiger partial charge on any atom is 0.227 e. The third-order valence-corrected chi connectivity index (χ3v) is 8.69. The summed E-state index contributed by atoms with van der Waals surface area (Å²) in [5, 5.41) is 2.03. The maximum absolute atomic E-state index is 6.67. The van der Waals surface area contributed by atoms with Crippen LogP contribution in [0.15, 0.2) is 179 Å². The molecule has 9 aromatic rings. The molecule has 4 nitrogen and oxygen atoms in total. The van der Waals surface area contributed by atoms with Crippen molar-refractivity contribution in [3.05, 3.63) is 170 Å². The SMILES string of the molecule is c1ccc(-c2ccc(-c3cccc(N(c4ccccc4)c4c5oc(-c6ccccc6)nc5cc5c4oc4ccccc45)c3)cc2)cc1. The number of furan rings is 1. The lowest BCUT2D eigenvalue weighted by Gasteiger charge is -2.26. The fourth-order valence-corrected chi connectivity index (χ4v) is 6.43. The van der Waals surface area contributed by atoms with Crippen LogP contribution in [0.25, 0.3) is 66.7 Å². The van der Waals surface area contributed by atoms with Crippen LogP contribution in [0.3, 0.4) is 0 Å². The summed E-state index contributed by atoms with van der Waals surface area (Å²) in [7, 11) is 0. The highest BCUT2D eigenvalue weighted by Gasteiger charge is 2.26. The predicted octanol–water partition coefficient (Wildman–Crippen LogP) is 12.2. The number of fused-ring (bicyclic) bond motifs is 4. The van der Waals surface area contributed by atoms with Gasteiger partial charge in [0.05, 0.1) is 0 Å². The van der Waals surface area contributed by atoms with Gasteiger partial charge in [0.15, 0.2) is 11.2 Å². The van der Waals surface area contributed by atoms with E-state index in [1.807, 2.05) is 60.7 Å². The lowest BCUT2D eigenvalue weighted by Crippen LogP contribution is -2.10. The molecular weight excluding hydrogens is 576 g/mol. The lowest BCUT2D eigenvalue weighted by molar-refractivity contribution is 0.618. The van der Waals surface area contributed by atoms with Crippen LogP contribution in [0.5, 0.6) is 0 Å². The van der Waals surface area contributed by atoms with Crippen molar-refractivity contribution >= 4 is 50.1 Å². The van der Waals surface area contributed by atoms with Crippen LogP contribution in [-0.4, -0.2) is 4.98 Å². The molecule has 0 bridgehead atoms. The number of anilines is 3. The Hall–Kier alpha value is -6.39. The first kappa shape index (κ1) is 27.0. The van der Waals surface area contributed by atoms with E-state index < -0.39 is 0 Å². The van der Waals surface area contributed by atoms with Gasteiger partial charge in [0, 0.05) is 27.7 Å². The molecule has 0 aliphatic heterocycles. The van der Waals surface area contributed by atoms with Gasteiger partial charge in [-0.15, -0.1) is 0 Å². The van der Waals surface area contributed by atoms with E-state index in [4.69, 9.17) is 13.8 Å². The average Bonchev–Trinajstić information content (AvgIpc) is 3.75. The first-order valence-corrected chi connectivity index (χ1v) is 15.7. The number of rotatable bonds is 6. The fraction of sp³-hybridized carbons (Fsp3) is 0. The van der Waals surface area contributed by atoms with Gasteiger partial charge < -0.3 is 13.7 Å². The van der Waals surface area contributed by atoms with Gasteiger partial charge in [0.2, 0.25) is 5.89 Å². The summed E-state index contributed by atoms with van der Waals surface area (Å²) in [6, 6.07) is 58.5. The van der Waals surface area contributed by atoms with Crippen molar-refractivity contribution in [1.29, 1.82) is 0 Å². The highest BCUT2D eigenvalue weighted by molar-refractivity contribution is 6.17. The van der Waals surface area contributed by atoms with E-state index in [-0.39, 0.29) is 0 Å². The van der Waals surface area contributed by atoms with E-state index >= 15 is 0 Å². The Labute approximate surface area is 271 Å². The Balaban J connectivity index is 1.27. The number of para-hydroxylation sites is 2. The Morgan fingerprint density at radius 2 is 0.979 bits per heavy atom. The molecule has 0 N–H and O–H groups in total. The third kappa shape index (κ3) is 4.75. The molecule has 0 spiro atoms. The van der Waals surface area contributed by atoms with Crippen LogP contribution in [0.1, 0.15) is 0 Å². The zero-order valence-electron chi connectivity index (χ0n) is 25.4. The number of hydrogen-bond donors (Lipinski definition) is 0. The zero-order chi connectivity index (χ0) is 31.2. The number of oxazole rings is 1. The molecule has 0 saturated carbocycles. The zero-order valence-corrected chi connectivity index (χ0v) is 25.4. The number of hydrogen-bond acceptors (Lipinski definition) is 4. The van der Waals surface area contributed by atoms with E-state index in [1.54, 1.807) is 0 Å². The molecule has 222 valence electrons. The molecule has 4 heteroatoms. The van der Waals surface area contributed by atoms with Crippen molar-refractivity contribution in [2.45, 2.75) is 0 Å². The first-order valence-electron chi connectivity index (χ1n) is 15.7. The summed E-state index contributed by atoms with van der Waals surface area (Å²) in [6.07, 6.45) is 0. The first-order chi connectivity index (χ1) is 23.3. The van der Waals surface area contributed by atoms with Crippen LogP contribution >= 0.6 is 0 Å². The lowest BCUT2D eigenvalue weighted by atomic mass is 9.99. The van der Waals surface area contributed by atoms with E-state index in [0.717, 1.165) is 61.2 Å². The van der Waals surface area contributed by atoms with Gasteiger partial charge in [0.1, 0.15) is 16.8 Å². The average molecular weight is 605 g/mol. The van der Waals surface area contributed by atoms with Crippen molar-refractivity contribution < 1.29 is 8.83 Å². The van der Waals surface area contributed by atoms with E-state index in [9.17, 15) is 0 Å². The highest BCUT2D eigenvalue weighted by Crippen LogP contribution is 2.47. The summed E-state index contributed by atoms with van der Waals surface area (Å²) < 4.78 is 13.3. The minimum atomic E-state index is 0.569. The van der Waals surface area contributed by atoms with Crippen molar-refractivity contribution in [3.63, 3.8) is 0 Å². The summed E-state index contributed by atoms with van der Waals surface area (Å²) >= 11 is 0. The van der Waals surface area contributed by atoms with Crippen LogP contribution < -0.4 is 4.90 Å². The van der Waals surface area contributed by atoms with Gasteiger partial charge in [-0.1, -0.05) is 121 Å². The van der Waals surface area contributed by atoms with Crippen molar-refractivity contribution in [3.8, 4) is 33.7 Å². The topological polar surface area (TPSA) is 42.4 Å². The summed E-state index contributed by atoms with van der Waals surface area (Å²) in [5.74, 6) is 0.569. The highest BCUT2D eigenvalue weighted by atomic mass is 16.4. The Kier molecular flexibility index (Phi) is 6.43. The predicted molar refractivity (Wildman–Crippen MR) is 192 cm³/mol. The minimum Gasteiger partial charge on any atom is -0.454 e. The molecule has 47 heavy (non-hydrogen) atoms. The van der Waals surface area contributed by atoms with Crippen LogP contribution in [0, 0.1) is 0 Å². The Morgan fingerprint density at radius 3 is 1.72 bits per heavy atom. The molecule has 0 fully saturated rings. The number of aromatic nitrogens is 1. The van der Waals surface area contributed by atoms with Gasteiger partial charge in [0.25, 0.3) is 0 Å². The fourth-order valence-electron chi connectivity index (χ4n) is 6.43. The summed E-state index contributed by atoms with van der Waals surface area (Å²) in [4.78, 5) is 7.24. The van der Waals surface area contributed by atoms with E-state index in [1.165, 1.54) is 11.1 Å². The second-order valence-electron chi connectivity index (χ2n) is 11.6. The van der Waals surface area contributed by atoms with E-state index in [2.05, 4.69) is 114 Å². The minimum absolute atomic E-state index is 0.569. The van der Waals surface area contributed by atoms with E-state index in [0.29, 0.717) is 11.5 Å². The van der Waals surface area contributed by atoms with Crippen molar-refractivity contribution in [1.82, 2.24) is 4.98 Å². The molecule has 2 heterocycles. The molecular formula is C43H28N2O2. The van der Waals surface area contributed by atoms with Gasteiger partial charge in [-0.25, -0.2) is 4.98 Å². The third-order valence-electron chi connectivity index (χ3n) is 8.69. The van der Waals surface area contributed by atoms with Gasteiger partial charge in [-0.3, -0.25) is 0 Å². The molecule has 0 atom stereocenters. The smallest absolute Gasteiger partial charge is 0.227 e. The molecule has 0 aliphatic rings. The molecule has 0 saturated heterocycles. The standard InChI is InChI=1S/C43H28N2O2/c1-4-13-29(14-5-1)30-23-25-31(26-24-30)33-17-12-20-35(27-33)45(34-18-8-3-9-19-34)40-41-37(36-21-10-11-22-39(36)46-41)28-38-42(40)47-43(44-38)32-15-6-2-7-16-32/h1-28H. The quantitative estimate of drug-likeness (QED) is 0.189. The van der Waals surface area contributed by atoms with Gasteiger partial charge in [-0.05, 0) is 70.8 Å². The second-order valence-corrected chi connectivity index (χ2v) is 11.6. The molecule has 9 rings (SSSR count). The normalized spacial score (nSPS) is 11.4. The summed E-state index contributed by atoms with van der Waals surface area (Å²) in [6.45, 7) is 0. The van der Waals surface area contributed by atoms with Crippen LogP contribution in [-0.2, 0) is 0 Å². The number of nitrogens with zero attached hydrogens (tertiary/aromatic N) is 2. The molecule has 0 amide bonds. The van der Waals surface area contributed by atoms with Gasteiger partial charge in [-0.2, -0.15) is 0 Å². The summed E-state index contributed by atoms with van der Waals surface area (Å²) in [5.41, 5.74) is 11.3. The Morgan fingerprint density at radius 1 is 0.404 bits per heavy atom. The van der Waals surface area contributed by atoms with Crippen LogP contribution in [0.2, 0.25) is 0 Å². The maximum atomic E-state index is 6.67. The molecule has 0 unspecified atom stereocenters. The molecule has 0 radical (unpaired) electrons. The molecule has 0 aliphatic carbocycles. The molecule has 2 aromatic heterocycles. The molecule has 7 aromatic carbocycles. The number of benzene rings is 7. The van der Waals surface area contributed by atoms with Crippen molar-refractivity contribution in [2.75, 3.05) is 4.90 Å². The second kappa shape index (κ2) is 11.2. The van der Waals surface area contributed by atoms with Gasteiger partial charge >= 0.3 is 0 Å². The monoisotopic (exact) mass is 604 g/mol. The Bertz CT molecular complexity index is 2500. The van der Waals surface area contributed by atoms with Crippen molar-refractivity contribution in [2.24, 2.45) is 0 Å². The van der Waals surface area contributed by atoms with Crippen LogP contribution in [0.4, 0.5) is 17.1 Å².